The molecule has 0 aliphatic heterocycles. The summed E-state index contributed by atoms with van der Waals surface area (Å²) in [6, 6.07) is 9.67. The van der Waals surface area contributed by atoms with Crippen molar-refractivity contribution in [1.82, 2.24) is 4.72 Å². The molecule has 122 valence electrons. The SMILES string of the molecule is CCNS(=O)(=O)c1ccc(C)c(C(=O)Nc2ccc(F)cc2)c1. The number of anilines is 1. The molecule has 0 saturated heterocycles. The van der Waals surface area contributed by atoms with Gasteiger partial charge in [0.1, 0.15) is 5.82 Å². The zero-order valence-electron chi connectivity index (χ0n) is 12.8. The topological polar surface area (TPSA) is 75.3 Å². The lowest BCUT2D eigenvalue weighted by Gasteiger charge is -2.10. The molecular weight excluding hydrogens is 319 g/mol. The van der Waals surface area contributed by atoms with Crippen molar-refractivity contribution in [3.8, 4) is 0 Å². The summed E-state index contributed by atoms with van der Waals surface area (Å²) in [4.78, 5) is 12.4. The van der Waals surface area contributed by atoms with Gasteiger partial charge >= 0.3 is 0 Å². The van der Waals surface area contributed by atoms with Crippen LogP contribution in [0.15, 0.2) is 47.4 Å². The molecule has 5 nitrogen and oxygen atoms in total. The number of sulfonamides is 1. The van der Waals surface area contributed by atoms with Gasteiger partial charge in [-0.2, -0.15) is 0 Å². The first-order valence-electron chi connectivity index (χ1n) is 7.00. The highest BCUT2D eigenvalue weighted by molar-refractivity contribution is 7.89. The average Bonchev–Trinajstić information content (AvgIpc) is 2.49. The average molecular weight is 336 g/mol. The van der Waals surface area contributed by atoms with Gasteiger partial charge in [-0.05, 0) is 48.9 Å². The molecule has 0 unspecified atom stereocenters. The first-order chi connectivity index (χ1) is 10.8. The minimum Gasteiger partial charge on any atom is -0.322 e. The summed E-state index contributed by atoms with van der Waals surface area (Å²) in [5.41, 5.74) is 1.31. The van der Waals surface area contributed by atoms with Crippen LogP contribution in [0, 0.1) is 12.7 Å². The van der Waals surface area contributed by atoms with E-state index in [-0.39, 0.29) is 17.0 Å². The normalized spacial score (nSPS) is 11.3. The highest BCUT2D eigenvalue weighted by Gasteiger charge is 2.17. The maximum atomic E-state index is 12.9. The second-order valence-electron chi connectivity index (χ2n) is 4.94. The number of hydrogen-bond acceptors (Lipinski definition) is 3. The summed E-state index contributed by atoms with van der Waals surface area (Å²) < 4.78 is 39.3. The third-order valence-corrected chi connectivity index (χ3v) is 4.74. The van der Waals surface area contributed by atoms with Gasteiger partial charge in [0.25, 0.3) is 5.91 Å². The van der Waals surface area contributed by atoms with Gasteiger partial charge in [0.05, 0.1) is 4.90 Å². The van der Waals surface area contributed by atoms with Gasteiger partial charge in [-0.3, -0.25) is 4.79 Å². The zero-order valence-corrected chi connectivity index (χ0v) is 13.6. The molecule has 2 rings (SSSR count). The lowest BCUT2D eigenvalue weighted by Crippen LogP contribution is -2.24. The van der Waals surface area contributed by atoms with Crippen LogP contribution in [0.25, 0.3) is 0 Å². The summed E-state index contributed by atoms with van der Waals surface area (Å²) >= 11 is 0. The number of hydrogen-bond donors (Lipinski definition) is 2. The number of halogens is 1. The summed E-state index contributed by atoms with van der Waals surface area (Å²) in [6.45, 7) is 3.64. The molecule has 0 spiro atoms. The standard InChI is InChI=1S/C16H17FN2O3S/c1-3-18-23(21,22)14-9-4-11(2)15(10-14)16(20)19-13-7-5-12(17)6-8-13/h4-10,18H,3H2,1-2H3,(H,19,20). The Labute approximate surface area is 134 Å². The number of benzene rings is 2. The van der Waals surface area contributed by atoms with Crippen molar-refractivity contribution in [3.05, 3.63) is 59.4 Å². The van der Waals surface area contributed by atoms with Crippen molar-refractivity contribution in [2.45, 2.75) is 18.7 Å². The van der Waals surface area contributed by atoms with Crippen molar-refractivity contribution in [2.75, 3.05) is 11.9 Å². The molecule has 2 aromatic rings. The Morgan fingerprint density at radius 3 is 2.39 bits per heavy atom. The molecule has 0 heterocycles. The van der Waals surface area contributed by atoms with Crippen LogP contribution in [-0.4, -0.2) is 20.9 Å². The highest BCUT2D eigenvalue weighted by atomic mass is 32.2. The fraction of sp³-hybridized carbons (Fsp3) is 0.188. The highest BCUT2D eigenvalue weighted by Crippen LogP contribution is 2.18. The van der Waals surface area contributed by atoms with E-state index in [9.17, 15) is 17.6 Å². The van der Waals surface area contributed by atoms with E-state index in [4.69, 9.17) is 0 Å². The van der Waals surface area contributed by atoms with Crippen LogP contribution in [0.4, 0.5) is 10.1 Å². The van der Waals surface area contributed by atoms with E-state index in [1.54, 1.807) is 19.9 Å². The Balaban J connectivity index is 2.31. The van der Waals surface area contributed by atoms with E-state index in [2.05, 4.69) is 10.0 Å². The molecule has 2 N–H and O–H groups in total. The Morgan fingerprint density at radius 1 is 1.13 bits per heavy atom. The van der Waals surface area contributed by atoms with Crippen LogP contribution in [0.5, 0.6) is 0 Å². The molecule has 0 aliphatic carbocycles. The smallest absolute Gasteiger partial charge is 0.255 e. The number of rotatable bonds is 5. The molecule has 0 saturated carbocycles. The summed E-state index contributed by atoms with van der Waals surface area (Å²) in [5.74, 6) is -0.861. The molecule has 0 fully saturated rings. The molecule has 2 aromatic carbocycles. The summed E-state index contributed by atoms with van der Waals surface area (Å²) in [7, 11) is -3.64. The number of nitrogens with one attached hydrogen (secondary N) is 2. The Bertz CT molecular complexity index is 818. The van der Waals surface area contributed by atoms with Crippen LogP contribution in [-0.2, 0) is 10.0 Å². The lowest BCUT2D eigenvalue weighted by atomic mass is 10.1. The lowest BCUT2D eigenvalue weighted by molar-refractivity contribution is 0.102. The largest absolute Gasteiger partial charge is 0.322 e. The van der Waals surface area contributed by atoms with Crippen LogP contribution in [0.2, 0.25) is 0 Å². The van der Waals surface area contributed by atoms with E-state index in [1.165, 1.54) is 36.4 Å². The Morgan fingerprint density at radius 2 is 1.78 bits per heavy atom. The number of aryl methyl sites for hydroxylation is 1. The van der Waals surface area contributed by atoms with Crippen LogP contribution in [0.1, 0.15) is 22.8 Å². The first kappa shape index (κ1) is 17.1. The van der Waals surface area contributed by atoms with Gasteiger partial charge in [-0.25, -0.2) is 17.5 Å². The Kier molecular flexibility index (Phi) is 5.12. The van der Waals surface area contributed by atoms with Gasteiger partial charge in [-0.1, -0.05) is 13.0 Å². The third kappa shape index (κ3) is 4.14. The van der Waals surface area contributed by atoms with Crippen LogP contribution in [0.3, 0.4) is 0 Å². The van der Waals surface area contributed by atoms with Gasteiger partial charge in [0.15, 0.2) is 0 Å². The fourth-order valence-corrected chi connectivity index (χ4v) is 3.08. The van der Waals surface area contributed by atoms with Crippen LogP contribution < -0.4 is 10.0 Å². The number of amides is 1. The molecule has 23 heavy (non-hydrogen) atoms. The number of carbonyl (C=O) groups is 1. The van der Waals surface area contributed by atoms with Crippen molar-refractivity contribution in [3.63, 3.8) is 0 Å². The molecule has 1 amide bonds. The fourth-order valence-electron chi connectivity index (χ4n) is 2.02. The van der Waals surface area contributed by atoms with Crippen molar-refractivity contribution in [2.24, 2.45) is 0 Å². The van der Waals surface area contributed by atoms with E-state index < -0.39 is 21.7 Å². The minimum atomic E-state index is -3.64. The summed E-state index contributed by atoms with van der Waals surface area (Å²) in [5, 5.41) is 2.62. The van der Waals surface area contributed by atoms with Crippen molar-refractivity contribution >= 4 is 21.6 Å². The van der Waals surface area contributed by atoms with Crippen molar-refractivity contribution < 1.29 is 17.6 Å². The van der Waals surface area contributed by atoms with E-state index in [1.807, 2.05) is 0 Å². The first-order valence-corrected chi connectivity index (χ1v) is 8.49. The monoisotopic (exact) mass is 336 g/mol. The van der Waals surface area contributed by atoms with Gasteiger partial charge in [-0.15, -0.1) is 0 Å². The van der Waals surface area contributed by atoms with E-state index in [0.29, 0.717) is 11.3 Å². The van der Waals surface area contributed by atoms with Crippen molar-refractivity contribution in [1.29, 1.82) is 0 Å². The minimum absolute atomic E-state index is 0.0224. The molecule has 0 atom stereocenters. The number of carbonyl (C=O) groups excluding carboxylic acids is 1. The quantitative estimate of drug-likeness (QED) is 0.881. The third-order valence-electron chi connectivity index (χ3n) is 3.20. The molecule has 0 aromatic heterocycles. The van der Waals surface area contributed by atoms with E-state index >= 15 is 0 Å². The van der Waals surface area contributed by atoms with Crippen LogP contribution >= 0.6 is 0 Å². The Hall–Kier alpha value is -2.25. The van der Waals surface area contributed by atoms with E-state index in [0.717, 1.165) is 0 Å². The zero-order chi connectivity index (χ0) is 17.0. The molecule has 0 radical (unpaired) electrons. The molecule has 7 heteroatoms. The van der Waals surface area contributed by atoms with Gasteiger partial charge in [0.2, 0.25) is 10.0 Å². The second kappa shape index (κ2) is 6.89. The van der Waals surface area contributed by atoms with Gasteiger partial charge in [0, 0.05) is 17.8 Å². The predicted molar refractivity (Wildman–Crippen MR) is 86.4 cm³/mol. The maximum absolute atomic E-state index is 12.9. The molecular formula is C16H17FN2O3S. The summed E-state index contributed by atoms with van der Waals surface area (Å²) in [6.07, 6.45) is 0. The second-order valence-corrected chi connectivity index (χ2v) is 6.71. The predicted octanol–water partition coefficient (Wildman–Crippen LogP) is 2.68. The molecule has 0 bridgehead atoms. The van der Waals surface area contributed by atoms with Gasteiger partial charge < -0.3 is 5.32 Å². The molecule has 0 aliphatic rings. The maximum Gasteiger partial charge on any atom is 0.255 e.